The Balaban J connectivity index is 1.94. The number of aromatic nitrogens is 2. The van der Waals surface area contributed by atoms with Gasteiger partial charge in [0.2, 0.25) is 0 Å². The predicted molar refractivity (Wildman–Crippen MR) is 129 cm³/mol. The number of rotatable bonds is 5. The second-order valence-electron chi connectivity index (χ2n) is 8.00. The van der Waals surface area contributed by atoms with Gasteiger partial charge in [0.15, 0.2) is 10.9 Å². The van der Waals surface area contributed by atoms with Gasteiger partial charge in [-0.05, 0) is 42.8 Å². The highest BCUT2D eigenvalue weighted by molar-refractivity contribution is 6.03. The van der Waals surface area contributed by atoms with E-state index in [1.807, 2.05) is 24.3 Å². The van der Waals surface area contributed by atoms with Crippen molar-refractivity contribution in [2.75, 3.05) is 14.2 Å². The molecule has 5 aromatic rings. The van der Waals surface area contributed by atoms with Crippen LogP contribution in [0, 0.1) is 0 Å². The maximum Gasteiger partial charge on any atom is 0.197 e. The van der Waals surface area contributed by atoms with E-state index in [1.165, 1.54) is 0 Å². The van der Waals surface area contributed by atoms with Crippen molar-refractivity contribution in [3.05, 3.63) is 69.0 Å². The highest BCUT2D eigenvalue weighted by Crippen LogP contribution is 2.27. The van der Waals surface area contributed by atoms with Crippen molar-refractivity contribution in [3.63, 3.8) is 0 Å². The van der Waals surface area contributed by atoms with Crippen LogP contribution in [0.4, 0.5) is 0 Å². The monoisotopic (exact) mass is 428 g/mol. The molecule has 2 aromatic heterocycles. The van der Waals surface area contributed by atoms with E-state index < -0.39 is 0 Å². The number of ether oxygens (including phenoxy) is 2. The third-order valence-corrected chi connectivity index (χ3v) is 6.13. The molecule has 1 N–H and O–H groups in total. The van der Waals surface area contributed by atoms with Crippen molar-refractivity contribution in [3.8, 4) is 11.5 Å². The number of nitrogens with zero attached hydrogens (tertiary/aromatic N) is 1. The number of unbranched alkanes of at least 4 members (excludes halogenated alkanes) is 1. The zero-order chi connectivity index (χ0) is 22.4. The molecule has 0 spiro atoms. The summed E-state index contributed by atoms with van der Waals surface area (Å²) < 4.78 is 12.8. The zero-order valence-electron chi connectivity index (χ0n) is 18.3. The molecule has 0 aliphatic rings. The number of aryl methyl sites for hydroxylation is 1. The second kappa shape index (κ2) is 7.71. The molecular formula is C26H24N2O4. The molecule has 162 valence electrons. The van der Waals surface area contributed by atoms with Crippen molar-refractivity contribution in [1.29, 1.82) is 0 Å². The largest absolute Gasteiger partial charge is 0.497 e. The minimum atomic E-state index is -0.0708. The Morgan fingerprint density at radius 3 is 2.09 bits per heavy atom. The van der Waals surface area contributed by atoms with Crippen LogP contribution in [0.2, 0.25) is 0 Å². The van der Waals surface area contributed by atoms with Gasteiger partial charge in [0.25, 0.3) is 0 Å². The predicted octanol–water partition coefficient (Wildman–Crippen LogP) is 4.97. The lowest BCUT2D eigenvalue weighted by molar-refractivity contribution is 0.415. The molecule has 0 amide bonds. The molecule has 0 aliphatic carbocycles. The number of methoxy groups -OCH3 is 2. The fraction of sp³-hybridized carbons (Fsp3) is 0.231. The molecule has 32 heavy (non-hydrogen) atoms. The van der Waals surface area contributed by atoms with Gasteiger partial charge in [0.05, 0.1) is 36.3 Å². The second-order valence-corrected chi connectivity index (χ2v) is 8.00. The summed E-state index contributed by atoms with van der Waals surface area (Å²) in [6, 6.07) is 14.5. The number of fused-ring (bicyclic) bond motifs is 4. The van der Waals surface area contributed by atoms with Crippen LogP contribution in [0.25, 0.3) is 43.6 Å². The third kappa shape index (κ3) is 3.02. The molecule has 0 saturated carbocycles. The van der Waals surface area contributed by atoms with E-state index in [9.17, 15) is 9.59 Å². The lowest BCUT2D eigenvalue weighted by Gasteiger charge is -2.16. The van der Waals surface area contributed by atoms with Gasteiger partial charge < -0.3 is 19.0 Å². The molecule has 6 nitrogen and oxygen atoms in total. The Labute approximate surface area is 184 Å². The zero-order valence-corrected chi connectivity index (χ0v) is 18.3. The topological polar surface area (TPSA) is 73.3 Å². The van der Waals surface area contributed by atoms with Crippen LogP contribution in [-0.2, 0) is 6.54 Å². The summed E-state index contributed by atoms with van der Waals surface area (Å²) >= 11 is 0. The van der Waals surface area contributed by atoms with Crippen LogP contribution >= 0.6 is 0 Å². The Morgan fingerprint density at radius 2 is 1.38 bits per heavy atom. The van der Waals surface area contributed by atoms with Crippen molar-refractivity contribution < 1.29 is 9.47 Å². The lowest BCUT2D eigenvalue weighted by atomic mass is 10.0. The van der Waals surface area contributed by atoms with Crippen molar-refractivity contribution in [2.45, 2.75) is 26.3 Å². The first-order valence-corrected chi connectivity index (χ1v) is 10.7. The summed E-state index contributed by atoms with van der Waals surface area (Å²) in [5, 5.41) is 2.37. The standard InChI is InChI=1S/C26H24N2O4/c1-4-5-10-28-23-12-16(32-3)7-9-18(23)26(30)20-13-22-19(14-24(20)28)25(29)17-8-6-15(31-2)11-21(17)27-22/h6-9,11-14H,4-5,10H2,1-3H3,(H,27,29). The summed E-state index contributed by atoms with van der Waals surface area (Å²) in [5.41, 5.74) is 2.76. The smallest absolute Gasteiger partial charge is 0.197 e. The van der Waals surface area contributed by atoms with Gasteiger partial charge in [-0.2, -0.15) is 0 Å². The average molecular weight is 428 g/mol. The third-order valence-electron chi connectivity index (χ3n) is 6.13. The quantitative estimate of drug-likeness (QED) is 0.401. The number of benzene rings is 3. The molecule has 0 fully saturated rings. The molecule has 0 atom stereocenters. The van der Waals surface area contributed by atoms with Crippen LogP contribution in [0.1, 0.15) is 19.8 Å². The number of nitrogens with one attached hydrogen (secondary N) is 1. The van der Waals surface area contributed by atoms with Gasteiger partial charge in [-0.15, -0.1) is 0 Å². The number of hydrogen-bond acceptors (Lipinski definition) is 4. The van der Waals surface area contributed by atoms with E-state index >= 15 is 0 Å². The van der Waals surface area contributed by atoms with E-state index in [4.69, 9.17) is 9.47 Å². The number of hydrogen-bond donors (Lipinski definition) is 1. The fourth-order valence-corrected chi connectivity index (χ4v) is 4.41. The van der Waals surface area contributed by atoms with Gasteiger partial charge in [-0.25, -0.2) is 0 Å². The van der Waals surface area contributed by atoms with Crippen LogP contribution in [0.5, 0.6) is 11.5 Å². The molecule has 0 aliphatic heterocycles. The van der Waals surface area contributed by atoms with Crippen molar-refractivity contribution >= 4 is 43.6 Å². The van der Waals surface area contributed by atoms with Crippen LogP contribution in [0.15, 0.2) is 58.1 Å². The molecule has 2 heterocycles. The number of H-pyrrole nitrogens is 1. The van der Waals surface area contributed by atoms with E-state index in [0.29, 0.717) is 44.1 Å². The number of pyridine rings is 2. The van der Waals surface area contributed by atoms with Crippen LogP contribution < -0.4 is 20.3 Å². The Hall–Kier alpha value is -3.80. The molecule has 0 bridgehead atoms. The first-order valence-electron chi connectivity index (χ1n) is 10.7. The maximum atomic E-state index is 13.4. The molecule has 3 aromatic carbocycles. The summed E-state index contributed by atoms with van der Waals surface area (Å²) in [6.45, 7) is 2.87. The van der Waals surface area contributed by atoms with Crippen LogP contribution in [-0.4, -0.2) is 23.8 Å². The lowest BCUT2D eigenvalue weighted by Crippen LogP contribution is -2.13. The molecule has 0 unspecified atom stereocenters. The van der Waals surface area contributed by atoms with E-state index in [1.54, 1.807) is 38.5 Å². The van der Waals surface area contributed by atoms with Crippen molar-refractivity contribution in [1.82, 2.24) is 9.55 Å². The highest BCUT2D eigenvalue weighted by atomic mass is 16.5. The van der Waals surface area contributed by atoms with Crippen LogP contribution in [0.3, 0.4) is 0 Å². The first kappa shape index (κ1) is 20.1. The van der Waals surface area contributed by atoms with Gasteiger partial charge >= 0.3 is 0 Å². The number of aromatic amines is 1. The summed E-state index contributed by atoms with van der Waals surface area (Å²) in [7, 11) is 3.20. The SMILES string of the molecule is CCCCn1c2cc(OC)ccc2c(=O)c2cc3[nH]c4cc(OC)ccc4c(=O)c3cc21. The van der Waals surface area contributed by atoms with E-state index in [0.717, 1.165) is 30.4 Å². The summed E-state index contributed by atoms with van der Waals surface area (Å²) in [4.78, 5) is 30.1. The fourth-order valence-electron chi connectivity index (χ4n) is 4.41. The molecular weight excluding hydrogens is 404 g/mol. The highest BCUT2D eigenvalue weighted by Gasteiger charge is 2.15. The Bertz CT molecular complexity index is 1630. The summed E-state index contributed by atoms with van der Waals surface area (Å²) in [5.74, 6) is 1.36. The molecule has 0 radical (unpaired) electrons. The van der Waals surface area contributed by atoms with Crippen molar-refractivity contribution in [2.24, 2.45) is 0 Å². The van der Waals surface area contributed by atoms with Gasteiger partial charge in [-0.1, -0.05) is 13.3 Å². The minimum absolute atomic E-state index is 0.0566. The maximum absolute atomic E-state index is 13.4. The van der Waals surface area contributed by atoms with Gasteiger partial charge in [0.1, 0.15) is 11.5 Å². The van der Waals surface area contributed by atoms with Gasteiger partial charge in [0, 0.05) is 40.2 Å². The Morgan fingerprint density at radius 1 is 0.750 bits per heavy atom. The van der Waals surface area contributed by atoms with E-state index in [-0.39, 0.29) is 10.9 Å². The average Bonchev–Trinajstić information content (AvgIpc) is 2.82. The normalized spacial score (nSPS) is 11.6. The molecule has 6 heteroatoms. The Kier molecular flexibility index (Phi) is 4.85. The first-order chi connectivity index (χ1) is 15.5. The summed E-state index contributed by atoms with van der Waals surface area (Å²) in [6.07, 6.45) is 1.97. The molecule has 5 rings (SSSR count). The minimum Gasteiger partial charge on any atom is -0.497 e. The van der Waals surface area contributed by atoms with E-state index in [2.05, 4.69) is 16.5 Å². The molecule has 0 saturated heterocycles. The van der Waals surface area contributed by atoms with Gasteiger partial charge in [-0.3, -0.25) is 9.59 Å².